The Morgan fingerprint density at radius 2 is 0.727 bits per heavy atom. The molecule has 2 rings (SSSR count). The van der Waals surface area contributed by atoms with Crippen LogP contribution < -0.4 is 0 Å². The predicted molar refractivity (Wildman–Crippen MR) is 294 cm³/mol. The third kappa shape index (κ3) is 35.8. The number of aliphatic hydroxyl groups excluding tert-OH is 8. The van der Waals surface area contributed by atoms with E-state index in [0.717, 1.165) is 25.7 Å². The number of hydrogen-bond acceptors (Lipinski definition) is 19. The van der Waals surface area contributed by atoms with Gasteiger partial charge in [0.1, 0.15) is 61.0 Å². The van der Waals surface area contributed by atoms with Gasteiger partial charge in [0.2, 0.25) is 0 Å². The van der Waals surface area contributed by atoms with Crippen molar-refractivity contribution >= 4 is 0 Å². The van der Waals surface area contributed by atoms with Crippen LogP contribution in [0.4, 0.5) is 0 Å². The molecule has 19 heteroatoms. The van der Waals surface area contributed by atoms with Gasteiger partial charge in [0, 0.05) is 13.2 Å². The molecular formula is C58H114O19. The van der Waals surface area contributed by atoms with E-state index in [1.807, 2.05) is 0 Å². The molecule has 2 heterocycles. The first-order valence-electron chi connectivity index (χ1n) is 30.6. The Morgan fingerprint density at radius 1 is 0.338 bits per heavy atom. The minimum atomic E-state index is -1.76. The molecule has 77 heavy (non-hydrogen) atoms. The number of rotatable bonds is 56. The summed E-state index contributed by atoms with van der Waals surface area (Å²) in [6, 6.07) is 0. The molecule has 0 amide bonds. The van der Waals surface area contributed by atoms with Gasteiger partial charge in [0.05, 0.1) is 92.5 Å². The maximum absolute atomic E-state index is 10.9. The van der Waals surface area contributed by atoms with Crippen molar-refractivity contribution in [1.29, 1.82) is 0 Å². The molecule has 2 fully saturated rings. The normalized spacial score (nSPS) is 24.7. The molecule has 460 valence electrons. The van der Waals surface area contributed by atoms with Crippen molar-refractivity contribution in [2.24, 2.45) is 0 Å². The molecule has 0 bridgehead atoms. The second-order valence-corrected chi connectivity index (χ2v) is 21.2. The standard InChI is InChI=1S/C58H114O19/c1-3-5-7-9-11-13-15-17-19-21-23-25-27-29-32-69-45-48(72-33-30-28-26-24-22-20-18-16-14-12-10-8-6-4-2)46-74-47(43-70-37-35-67-34-31-59)44-71-38-36-68-39-40-73-57-55(66)53(64)56(50(42-61)76-57)77-58-54(65)52(63)51(62)49(41-60)75-58/h47-66H,3-46H2,1-2H3/t47?,48?,49-,50-,51-,52+,53-,54-,55-,56-,57-,58-/m1/s1. The van der Waals surface area contributed by atoms with Crippen molar-refractivity contribution in [1.82, 2.24) is 0 Å². The topological polar surface area (TPSA) is 263 Å². The zero-order valence-corrected chi connectivity index (χ0v) is 48.1. The Hall–Kier alpha value is -0.760. The fourth-order valence-corrected chi connectivity index (χ4v) is 9.54. The van der Waals surface area contributed by atoms with Crippen LogP contribution in [-0.2, 0) is 52.1 Å². The molecule has 0 aliphatic carbocycles. The Balaban J connectivity index is 1.78. The first kappa shape index (κ1) is 72.3. The SMILES string of the molecule is CCCCCCCCCCCCCCCCOCC(COC(COCCOCCO)COCCOCCO[C@@H]1O[C@H](CO)[C@@H](O[C@H]2O[C@H](CO)[C@@H](O)[C@H](O)[C@H]2O)[C@H](O)[C@H]1O)OCCCCCCCCCCCCCCCC. The summed E-state index contributed by atoms with van der Waals surface area (Å²) in [4.78, 5) is 0. The number of unbranched alkanes of at least 4 members (excludes halogenated alkanes) is 26. The zero-order valence-electron chi connectivity index (χ0n) is 48.1. The van der Waals surface area contributed by atoms with Gasteiger partial charge in [0.15, 0.2) is 12.6 Å². The van der Waals surface area contributed by atoms with Crippen molar-refractivity contribution in [3.8, 4) is 0 Å². The number of aliphatic hydroxyl groups is 8. The smallest absolute Gasteiger partial charge is 0.187 e. The van der Waals surface area contributed by atoms with Crippen molar-refractivity contribution in [2.45, 2.75) is 267 Å². The highest BCUT2D eigenvalue weighted by molar-refractivity contribution is 4.94. The van der Waals surface area contributed by atoms with Gasteiger partial charge in [-0.1, -0.05) is 181 Å². The molecule has 12 atom stereocenters. The molecule has 0 aromatic carbocycles. The molecule has 2 saturated heterocycles. The van der Waals surface area contributed by atoms with Crippen LogP contribution in [0, 0.1) is 0 Å². The maximum atomic E-state index is 10.9. The van der Waals surface area contributed by atoms with E-state index in [1.54, 1.807) is 0 Å². The lowest BCUT2D eigenvalue weighted by atomic mass is 9.97. The van der Waals surface area contributed by atoms with Gasteiger partial charge in [-0.25, -0.2) is 0 Å². The zero-order chi connectivity index (χ0) is 55.8. The van der Waals surface area contributed by atoms with Crippen LogP contribution in [-0.4, -0.2) is 220 Å². The third-order valence-electron chi connectivity index (χ3n) is 14.4. The Morgan fingerprint density at radius 3 is 1.21 bits per heavy atom. The van der Waals surface area contributed by atoms with Gasteiger partial charge < -0.3 is 93.0 Å². The highest BCUT2D eigenvalue weighted by atomic mass is 16.7. The lowest BCUT2D eigenvalue weighted by Gasteiger charge is -2.45. The van der Waals surface area contributed by atoms with E-state index in [1.165, 1.54) is 154 Å². The summed E-state index contributed by atoms with van der Waals surface area (Å²) < 4.78 is 64.1. The molecule has 2 unspecified atom stereocenters. The molecule has 0 saturated carbocycles. The van der Waals surface area contributed by atoms with Crippen LogP contribution in [0.1, 0.15) is 194 Å². The summed E-state index contributed by atoms with van der Waals surface area (Å²) >= 11 is 0. The van der Waals surface area contributed by atoms with Crippen LogP contribution in [0.25, 0.3) is 0 Å². The average Bonchev–Trinajstić information content (AvgIpc) is 3.44. The van der Waals surface area contributed by atoms with Crippen molar-refractivity contribution < 1.29 is 93.0 Å². The minimum Gasteiger partial charge on any atom is -0.394 e. The quantitative estimate of drug-likeness (QED) is 0.0305. The van der Waals surface area contributed by atoms with E-state index in [9.17, 15) is 35.7 Å². The molecule has 19 nitrogen and oxygen atoms in total. The second-order valence-electron chi connectivity index (χ2n) is 21.2. The molecular weight excluding hydrogens is 1000 g/mol. The first-order valence-corrected chi connectivity index (χ1v) is 30.6. The lowest BCUT2D eigenvalue weighted by molar-refractivity contribution is -0.359. The predicted octanol–water partition coefficient (Wildman–Crippen LogP) is 6.44. The lowest BCUT2D eigenvalue weighted by Crippen LogP contribution is -2.64. The Labute approximate surface area is 464 Å². The highest BCUT2D eigenvalue weighted by Gasteiger charge is 2.50. The summed E-state index contributed by atoms with van der Waals surface area (Å²) in [6.45, 7) is 7.02. The molecule has 2 aliphatic rings. The van der Waals surface area contributed by atoms with E-state index in [0.29, 0.717) is 39.6 Å². The largest absolute Gasteiger partial charge is 0.394 e. The fourth-order valence-electron chi connectivity index (χ4n) is 9.54. The fraction of sp³-hybridized carbons (Fsp3) is 1.00. The Bertz CT molecular complexity index is 1240. The summed E-state index contributed by atoms with van der Waals surface area (Å²) in [5, 5.41) is 80.9. The van der Waals surface area contributed by atoms with Gasteiger partial charge in [-0.3, -0.25) is 0 Å². The molecule has 8 N–H and O–H groups in total. The van der Waals surface area contributed by atoms with Crippen molar-refractivity contribution in [2.75, 3.05) is 106 Å². The maximum Gasteiger partial charge on any atom is 0.187 e. The molecule has 0 aromatic rings. The monoisotopic (exact) mass is 1110 g/mol. The van der Waals surface area contributed by atoms with Gasteiger partial charge in [-0.15, -0.1) is 0 Å². The summed E-state index contributed by atoms with van der Waals surface area (Å²) in [7, 11) is 0. The number of ether oxygens (including phenoxy) is 11. The average molecular weight is 1120 g/mol. The third-order valence-corrected chi connectivity index (χ3v) is 14.4. The second kappa shape index (κ2) is 50.9. The van der Waals surface area contributed by atoms with Gasteiger partial charge in [0.25, 0.3) is 0 Å². The van der Waals surface area contributed by atoms with Crippen molar-refractivity contribution in [3.63, 3.8) is 0 Å². The van der Waals surface area contributed by atoms with Crippen LogP contribution in [0.5, 0.6) is 0 Å². The molecule has 0 radical (unpaired) electrons. The highest BCUT2D eigenvalue weighted by Crippen LogP contribution is 2.30. The van der Waals surface area contributed by atoms with Crippen LogP contribution in [0.2, 0.25) is 0 Å². The van der Waals surface area contributed by atoms with Gasteiger partial charge in [-0.05, 0) is 12.8 Å². The van der Waals surface area contributed by atoms with Crippen molar-refractivity contribution in [3.05, 3.63) is 0 Å². The molecule has 0 spiro atoms. The molecule has 2 aliphatic heterocycles. The molecule has 0 aromatic heterocycles. The first-order chi connectivity index (χ1) is 37.7. The van der Waals surface area contributed by atoms with Crippen LogP contribution >= 0.6 is 0 Å². The minimum absolute atomic E-state index is 0.0506. The summed E-state index contributed by atoms with van der Waals surface area (Å²) in [5.41, 5.74) is 0. The number of hydrogen-bond donors (Lipinski definition) is 8. The Kier molecular flexibility index (Phi) is 47.8. The van der Waals surface area contributed by atoms with Crippen LogP contribution in [0.3, 0.4) is 0 Å². The van der Waals surface area contributed by atoms with Crippen LogP contribution in [0.15, 0.2) is 0 Å². The summed E-state index contributed by atoms with van der Waals surface area (Å²) in [5.74, 6) is 0. The van der Waals surface area contributed by atoms with E-state index in [-0.39, 0.29) is 59.0 Å². The van der Waals surface area contributed by atoms with E-state index in [2.05, 4.69) is 13.8 Å². The van der Waals surface area contributed by atoms with Gasteiger partial charge in [-0.2, -0.15) is 0 Å². The van der Waals surface area contributed by atoms with E-state index < -0.39 is 80.7 Å². The summed E-state index contributed by atoms with van der Waals surface area (Å²) in [6.07, 6.45) is 20.5. The van der Waals surface area contributed by atoms with Gasteiger partial charge >= 0.3 is 0 Å². The van der Waals surface area contributed by atoms with E-state index >= 15 is 0 Å². The van der Waals surface area contributed by atoms with E-state index in [4.69, 9.17) is 57.2 Å².